The molecule has 0 saturated heterocycles. The smallest absolute Gasteiger partial charge is 0.234 e. The number of carbonyl (C=O) groups excluding carboxylic acids is 1. The fraction of sp³-hybridized carbons (Fsp3) is 0.381. The molecule has 3 rings (SSSR count). The van der Waals surface area contributed by atoms with E-state index in [1.54, 1.807) is 18.2 Å². The number of hydrogen-bond donors (Lipinski definition) is 1. The number of para-hydroxylation sites is 1. The third-order valence-corrected chi connectivity index (χ3v) is 4.42. The molecule has 0 aromatic heterocycles. The number of rotatable bonds is 8. The highest BCUT2D eigenvalue weighted by atomic mass is 19.1. The van der Waals surface area contributed by atoms with Crippen molar-refractivity contribution in [2.75, 3.05) is 40.0 Å². The van der Waals surface area contributed by atoms with Crippen LogP contribution in [0.2, 0.25) is 0 Å². The van der Waals surface area contributed by atoms with Gasteiger partial charge in [-0.1, -0.05) is 18.2 Å². The van der Waals surface area contributed by atoms with Gasteiger partial charge in [-0.15, -0.1) is 0 Å². The van der Waals surface area contributed by atoms with Crippen molar-refractivity contribution in [3.8, 4) is 17.2 Å². The highest BCUT2D eigenvalue weighted by molar-refractivity contribution is 5.78. The topological polar surface area (TPSA) is 60.0 Å². The molecule has 7 heteroatoms. The van der Waals surface area contributed by atoms with Gasteiger partial charge in [-0.3, -0.25) is 9.69 Å². The predicted octanol–water partition coefficient (Wildman–Crippen LogP) is 2.78. The SMILES string of the molecule is CC(NC(=O)CN(C)CCOc1ccccc1F)c1ccc2c(c1)OCCO2. The normalized spacial score (nSPS) is 13.9. The van der Waals surface area contributed by atoms with Gasteiger partial charge in [0, 0.05) is 6.54 Å². The lowest BCUT2D eigenvalue weighted by molar-refractivity contribution is -0.122. The van der Waals surface area contributed by atoms with Crippen molar-refractivity contribution in [3.05, 3.63) is 53.8 Å². The Balaban J connectivity index is 1.43. The van der Waals surface area contributed by atoms with Gasteiger partial charge < -0.3 is 19.5 Å². The van der Waals surface area contributed by atoms with Gasteiger partial charge in [0.05, 0.1) is 12.6 Å². The minimum atomic E-state index is -0.392. The maximum absolute atomic E-state index is 13.5. The van der Waals surface area contributed by atoms with Crippen LogP contribution in [0, 0.1) is 5.82 Å². The molecule has 0 aliphatic carbocycles. The number of benzene rings is 2. The van der Waals surface area contributed by atoms with E-state index in [2.05, 4.69) is 5.32 Å². The van der Waals surface area contributed by atoms with E-state index < -0.39 is 5.82 Å². The van der Waals surface area contributed by atoms with Gasteiger partial charge in [-0.25, -0.2) is 4.39 Å². The van der Waals surface area contributed by atoms with E-state index in [0.717, 1.165) is 11.3 Å². The van der Waals surface area contributed by atoms with E-state index in [9.17, 15) is 9.18 Å². The van der Waals surface area contributed by atoms with Crippen LogP contribution in [-0.2, 0) is 4.79 Å². The first-order valence-electron chi connectivity index (χ1n) is 9.27. The van der Waals surface area contributed by atoms with Crippen molar-refractivity contribution < 1.29 is 23.4 Å². The van der Waals surface area contributed by atoms with E-state index in [4.69, 9.17) is 14.2 Å². The summed E-state index contributed by atoms with van der Waals surface area (Å²) in [6.07, 6.45) is 0. The summed E-state index contributed by atoms with van der Waals surface area (Å²) < 4.78 is 30.0. The number of fused-ring (bicyclic) bond motifs is 1. The van der Waals surface area contributed by atoms with Crippen molar-refractivity contribution in [2.45, 2.75) is 13.0 Å². The Hall–Kier alpha value is -2.80. The van der Waals surface area contributed by atoms with Crippen LogP contribution < -0.4 is 19.5 Å². The van der Waals surface area contributed by atoms with Gasteiger partial charge in [-0.05, 0) is 43.8 Å². The fourth-order valence-corrected chi connectivity index (χ4v) is 2.90. The number of carbonyl (C=O) groups is 1. The molecule has 1 N–H and O–H groups in total. The Morgan fingerprint density at radius 3 is 2.75 bits per heavy atom. The highest BCUT2D eigenvalue weighted by Gasteiger charge is 2.16. The number of halogens is 1. The second-order valence-electron chi connectivity index (χ2n) is 6.71. The third-order valence-electron chi connectivity index (χ3n) is 4.42. The quantitative estimate of drug-likeness (QED) is 0.754. The Labute approximate surface area is 164 Å². The summed E-state index contributed by atoms with van der Waals surface area (Å²) in [6, 6.07) is 11.8. The third kappa shape index (κ3) is 5.36. The fourth-order valence-electron chi connectivity index (χ4n) is 2.90. The Bertz CT molecular complexity index is 815. The van der Waals surface area contributed by atoms with E-state index in [-0.39, 0.29) is 24.2 Å². The van der Waals surface area contributed by atoms with Crippen LogP contribution in [0.5, 0.6) is 17.2 Å². The average molecular weight is 388 g/mol. The molecule has 0 radical (unpaired) electrons. The summed E-state index contributed by atoms with van der Waals surface area (Å²) in [5.41, 5.74) is 0.947. The molecule has 1 atom stereocenters. The number of ether oxygens (including phenoxy) is 3. The molecule has 1 unspecified atom stereocenters. The molecule has 1 aliphatic rings. The zero-order valence-electron chi connectivity index (χ0n) is 16.1. The molecule has 6 nitrogen and oxygen atoms in total. The van der Waals surface area contributed by atoms with Crippen LogP contribution in [0.1, 0.15) is 18.5 Å². The van der Waals surface area contributed by atoms with Gasteiger partial charge in [0.1, 0.15) is 19.8 Å². The first-order valence-corrected chi connectivity index (χ1v) is 9.27. The molecule has 150 valence electrons. The van der Waals surface area contributed by atoms with Crippen LogP contribution in [-0.4, -0.2) is 50.8 Å². The zero-order chi connectivity index (χ0) is 19.9. The molecule has 1 amide bonds. The van der Waals surface area contributed by atoms with Crippen molar-refractivity contribution in [1.82, 2.24) is 10.2 Å². The summed E-state index contributed by atoms with van der Waals surface area (Å²) in [7, 11) is 1.82. The Morgan fingerprint density at radius 1 is 1.21 bits per heavy atom. The molecule has 1 heterocycles. The van der Waals surface area contributed by atoms with E-state index >= 15 is 0 Å². The molecular formula is C21H25FN2O4. The highest BCUT2D eigenvalue weighted by Crippen LogP contribution is 2.32. The number of nitrogens with one attached hydrogen (secondary N) is 1. The van der Waals surface area contributed by atoms with Crippen LogP contribution in [0.25, 0.3) is 0 Å². The van der Waals surface area contributed by atoms with Crippen LogP contribution in [0.3, 0.4) is 0 Å². The molecule has 0 saturated carbocycles. The Kier molecular flexibility index (Phi) is 6.71. The molecular weight excluding hydrogens is 363 g/mol. The number of amides is 1. The summed E-state index contributed by atoms with van der Waals surface area (Å²) in [6.45, 7) is 4.01. The van der Waals surface area contributed by atoms with Crippen LogP contribution in [0.15, 0.2) is 42.5 Å². The van der Waals surface area contributed by atoms with Gasteiger partial charge in [0.15, 0.2) is 23.1 Å². The number of hydrogen-bond acceptors (Lipinski definition) is 5. The first-order chi connectivity index (χ1) is 13.5. The van der Waals surface area contributed by atoms with Gasteiger partial charge in [0.2, 0.25) is 5.91 Å². The second kappa shape index (κ2) is 9.41. The molecule has 28 heavy (non-hydrogen) atoms. The summed E-state index contributed by atoms with van der Waals surface area (Å²) >= 11 is 0. The van der Waals surface area contributed by atoms with E-state index in [1.807, 2.05) is 37.1 Å². The average Bonchev–Trinajstić information content (AvgIpc) is 2.69. The predicted molar refractivity (Wildman–Crippen MR) is 103 cm³/mol. The molecule has 0 spiro atoms. The van der Waals surface area contributed by atoms with Crippen molar-refractivity contribution >= 4 is 5.91 Å². The number of nitrogens with zero attached hydrogens (tertiary/aromatic N) is 1. The van der Waals surface area contributed by atoms with Crippen molar-refractivity contribution in [2.24, 2.45) is 0 Å². The lowest BCUT2D eigenvalue weighted by Crippen LogP contribution is -2.38. The van der Waals surface area contributed by atoms with E-state index in [0.29, 0.717) is 32.1 Å². The summed E-state index contributed by atoms with van der Waals surface area (Å²) in [5, 5.41) is 2.97. The number of likely N-dealkylation sites (N-methyl/N-ethyl adjacent to an activating group) is 1. The molecule has 2 aromatic rings. The van der Waals surface area contributed by atoms with Gasteiger partial charge >= 0.3 is 0 Å². The molecule has 2 aromatic carbocycles. The minimum Gasteiger partial charge on any atom is -0.489 e. The lowest BCUT2D eigenvalue weighted by atomic mass is 10.1. The maximum Gasteiger partial charge on any atom is 0.234 e. The summed E-state index contributed by atoms with van der Waals surface area (Å²) in [4.78, 5) is 14.1. The van der Waals surface area contributed by atoms with Crippen molar-refractivity contribution in [3.63, 3.8) is 0 Å². The maximum atomic E-state index is 13.5. The Morgan fingerprint density at radius 2 is 1.96 bits per heavy atom. The zero-order valence-corrected chi connectivity index (χ0v) is 16.1. The minimum absolute atomic E-state index is 0.101. The molecule has 0 fully saturated rings. The van der Waals surface area contributed by atoms with Crippen LogP contribution in [0.4, 0.5) is 4.39 Å². The second-order valence-corrected chi connectivity index (χ2v) is 6.71. The standard InChI is InChI=1S/C21H25FN2O4/c1-15(16-7-8-19-20(13-16)28-12-11-27-19)23-21(25)14-24(2)9-10-26-18-6-4-3-5-17(18)22/h3-8,13,15H,9-12,14H2,1-2H3,(H,23,25). The van der Waals surface area contributed by atoms with Gasteiger partial charge in [-0.2, -0.15) is 0 Å². The molecule has 1 aliphatic heterocycles. The van der Waals surface area contributed by atoms with Crippen molar-refractivity contribution in [1.29, 1.82) is 0 Å². The first kappa shape index (κ1) is 19.9. The monoisotopic (exact) mass is 388 g/mol. The van der Waals surface area contributed by atoms with Gasteiger partial charge in [0.25, 0.3) is 0 Å². The lowest BCUT2D eigenvalue weighted by Gasteiger charge is -2.22. The van der Waals surface area contributed by atoms with E-state index in [1.165, 1.54) is 6.07 Å². The molecule has 0 bridgehead atoms. The largest absolute Gasteiger partial charge is 0.489 e. The van der Waals surface area contributed by atoms with Crippen LogP contribution >= 0.6 is 0 Å². The summed E-state index contributed by atoms with van der Waals surface area (Å²) in [5.74, 6) is 1.15.